The van der Waals surface area contributed by atoms with Gasteiger partial charge in [0.2, 0.25) is 0 Å². The highest BCUT2D eigenvalue weighted by molar-refractivity contribution is 5.86. The lowest BCUT2D eigenvalue weighted by Crippen LogP contribution is -2.05. The van der Waals surface area contributed by atoms with E-state index in [1.54, 1.807) is 24.4 Å². The van der Waals surface area contributed by atoms with Crippen LogP contribution in [0, 0.1) is 0 Å². The molecule has 2 nitrogen and oxygen atoms in total. The first-order valence-electron chi connectivity index (χ1n) is 5.44. The van der Waals surface area contributed by atoms with E-state index in [1.807, 2.05) is 19.9 Å². The molecule has 1 N–H and O–H groups in total. The molecule has 0 fully saturated rings. The van der Waals surface area contributed by atoms with Crippen molar-refractivity contribution in [3.05, 3.63) is 72.0 Å². The first kappa shape index (κ1) is 13.0. The number of hydrogen-bond acceptors (Lipinski definition) is 2. The summed E-state index contributed by atoms with van der Waals surface area (Å²) in [4.78, 5) is 0. The van der Waals surface area contributed by atoms with E-state index >= 15 is 0 Å². The highest BCUT2D eigenvalue weighted by atomic mass is 15.3. The zero-order valence-electron chi connectivity index (χ0n) is 10.5. The molecule has 1 aliphatic heterocycles. The molecule has 0 aromatic carbocycles. The van der Waals surface area contributed by atoms with Crippen molar-refractivity contribution in [1.29, 1.82) is 0 Å². The maximum Gasteiger partial charge on any atom is 0.0639 e. The zero-order chi connectivity index (χ0) is 12.8. The zero-order valence-corrected chi connectivity index (χ0v) is 10.5. The molecule has 0 atom stereocenters. The van der Waals surface area contributed by atoms with E-state index in [0.717, 1.165) is 22.4 Å². The van der Waals surface area contributed by atoms with Gasteiger partial charge in [0.05, 0.1) is 11.9 Å². The summed E-state index contributed by atoms with van der Waals surface area (Å²) in [6.45, 7) is 15.5. The Labute approximate surface area is 103 Å². The number of rotatable bonds is 4. The molecule has 1 heterocycles. The fourth-order valence-electron chi connectivity index (χ4n) is 1.61. The molecule has 0 aliphatic carbocycles. The van der Waals surface area contributed by atoms with Gasteiger partial charge in [-0.05, 0) is 25.5 Å². The topological polar surface area (TPSA) is 24.4 Å². The smallest absolute Gasteiger partial charge is 0.0639 e. The lowest BCUT2D eigenvalue weighted by atomic mass is 9.98. The number of nitrogens with one attached hydrogen (secondary N) is 1. The highest BCUT2D eigenvalue weighted by Gasteiger charge is 2.10. The van der Waals surface area contributed by atoms with Crippen LogP contribution in [0.1, 0.15) is 13.8 Å². The lowest BCUT2D eigenvalue weighted by molar-refractivity contribution is 0.915. The molecular weight excluding hydrogens is 208 g/mol. The summed E-state index contributed by atoms with van der Waals surface area (Å²) in [5.74, 6) is 0. The Hall–Kier alpha value is -2.09. The van der Waals surface area contributed by atoms with Crippen LogP contribution in [-0.4, -0.2) is 6.21 Å². The van der Waals surface area contributed by atoms with Crippen molar-refractivity contribution in [3.63, 3.8) is 0 Å². The number of nitrogens with zero attached hydrogens (tertiary/aromatic N) is 1. The van der Waals surface area contributed by atoms with Crippen LogP contribution >= 0.6 is 0 Å². The lowest BCUT2D eigenvalue weighted by Gasteiger charge is -2.09. The quantitative estimate of drug-likeness (QED) is 0.777. The van der Waals surface area contributed by atoms with Gasteiger partial charge in [-0.25, -0.2) is 0 Å². The molecule has 0 saturated heterocycles. The fourth-order valence-corrected chi connectivity index (χ4v) is 1.61. The van der Waals surface area contributed by atoms with Gasteiger partial charge in [-0.15, -0.1) is 0 Å². The van der Waals surface area contributed by atoms with Crippen LogP contribution in [0.2, 0.25) is 0 Å². The van der Waals surface area contributed by atoms with E-state index in [-0.39, 0.29) is 0 Å². The van der Waals surface area contributed by atoms with E-state index in [9.17, 15) is 0 Å². The second kappa shape index (κ2) is 5.85. The van der Waals surface area contributed by atoms with Crippen LogP contribution in [0.4, 0.5) is 0 Å². The van der Waals surface area contributed by atoms with Gasteiger partial charge in [-0.1, -0.05) is 43.5 Å². The molecule has 1 aliphatic rings. The summed E-state index contributed by atoms with van der Waals surface area (Å²) in [7, 11) is 0. The Morgan fingerprint density at radius 3 is 2.24 bits per heavy atom. The van der Waals surface area contributed by atoms with E-state index < -0.39 is 0 Å². The van der Waals surface area contributed by atoms with Crippen molar-refractivity contribution >= 4 is 6.21 Å². The van der Waals surface area contributed by atoms with Crippen molar-refractivity contribution < 1.29 is 0 Å². The standard InChI is InChI=1S/C15H18N2/c1-6-12-10-16-17-15(9-11(4)5)14(8-3)13(12)7-2/h6-10,17H,1-3H2,4-5H3. The fraction of sp³-hybridized carbons (Fsp3) is 0.133. The van der Waals surface area contributed by atoms with Gasteiger partial charge < -0.3 is 0 Å². The molecule has 2 heteroatoms. The van der Waals surface area contributed by atoms with Gasteiger partial charge in [-0.2, -0.15) is 5.10 Å². The molecule has 0 bridgehead atoms. The predicted molar refractivity (Wildman–Crippen MR) is 75.7 cm³/mol. The summed E-state index contributed by atoms with van der Waals surface area (Å²) in [6.07, 6.45) is 9.13. The SMILES string of the molecule is C=CC1=C(C=C)C(C=C)=C(C=C(C)C)NN=C1. The number of allylic oxidation sites excluding steroid dienone is 8. The van der Waals surface area contributed by atoms with Gasteiger partial charge in [0.25, 0.3) is 0 Å². The van der Waals surface area contributed by atoms with E-state index in [0.29, 0.717) is 0 Å². The first-order chi connectivity index (χ1) is 8.13. The highest BCUT2D eigenvalue weighted by Crippen LogP contribution is 2.23. The van der Waals surface area contributed by atoms with Gasteiger partial charge in [0.1, 0.15) is 0 Å². The molecule has 0 amide bonds. The Bertz CT molecular complexity index is 467. The maximum absolute atomic E-state index is 4.15. The summed E-state index contributed by atoms with van der Waals surface area (Å²) in [5.41, 5.74) is 8.01. The van der Waals surface area contributed by atoms with Crippen LogP contribution in [0.5, 0.6) is 0 Å². The molecule has 0 aromatic rings. The maximum atomic E-state index is 4.15. The summed E-state index contributed by atoms with van der Waals surface area (Å²) < 4.78 is 0. The van der Waals surface area contributed by atoms with E-state index in [4.69, 9.17) is 0 Å². The van der Waals surface area contributed by atoms with Crippen LogP contribution < -0.4 is 5.43 Å². The summed E-state index contributed by atoms with van der Waals surface area (Å²) >= 11 is 0. The minimum Gasteiger partial charge on any atom is -0.278 e. The Morgan fingerprint density at radius 1 is 1.12 bits per heavy atom. The Kier molecular flexibility index (Phi) is 4.46. The molecule has 0 radical (unpaired) electrons. The normalized spacial score (nSPS) is 14.9. The van der Waals surface area contributed by atoms with Crippen LogP contribution in [0.3, 0.4) is 0 Å². The molecule has 88 valence electrons. The largest absolute Gasteiger partial charge is 0.278 e. The molecule has 17 heavy (non-hydrogen) atoms. The molecule has 0 saturated carbocycles. The van der Waals surface area contributed by atoms with Crippen molar-refractivity contribution in [2.45, 2.75) is 13.8 Å². The Morgan fingerprint density at radius 2 is 1.76 bits per heavy atom. The molecule has 1 rings (SSSR count). The van der Waals surface area contributed by atoms with E-state index in [1.165, 1.54) is 5.57 Å². The minimum atomic E-state index is 0.919. The molecular formula is C15H18N2. The van der Waals surface area contributed by atoms with Crippen LogP contribution in [0.15, 0.2) is 77.1 Å². The molecule has 0 unspecified atom stereocenters. The van der Waals surface area contributed by atoms with Crippen molar-refractivity contribution in [2.24, 2.45) is 5.10 Å². The first-order valence-corrected chi connectivity index (χ1v) is 5.44. The minimum absolute atomic E-state index is 0.919. The monoisotopic (exact) mass is 226 g/mol. The third kappa shape index (κ3) is 2.94. The molecule has 0 spiro atoms. The average Bonchev–Trinajstić information content (AvgIpc) is 2.46. The predicted octanol–water partition coefficient (Wildman–Crippen LogP) is 3.65. The number of hydrogen-bond donors (Lipinski definition) is 1. The van der Waals surface area contributed by atoms with Gasteiger partial charge >= 0.3 is 0 Å². The van der Waals surface area contributed by atoms with Crippen molar-refractivity contribution in [2.75, 3.05) is 0 Å². The van der Waals surface area contributed by atoms with Crippen LogP contribution in [-0.2, 0) is 0 Å². The molecule has 0 aromatic heterocycles. The van der Waals surface area contributed by atoms with Gasteiger partial charge in [0.15, 0.2) is 0 Å². The van der Waals surface area contributed by atoms with Crippen LogP contribution in [0.25, 0.3) is 0 Å². The van der Waals surface area contributed by atoms with E-state index in [2.05, 4.69) is 30.3 Å². The third-order valence-corrected chi connectivity index (χ3v) is 2.34. The second-order valence-electron chi connectivity index (χ2n) is 3.90. The second-order valence-corrected chi connectivity index (χ2v) is 3.90. The van der Waals surface area contributed by atoms with Crippen molar-refractivity contribution in [1.82, 2.24) is 5.43 Å². The average molecular weight is 226 g/mol. The summed E-state index contributed by atoms with van der Waals surface area (Å²) in [6, 6.07) is 0. The third-order valence-electron chi connectivity index (χ3n) is 2.34. The number of hydrazone groups is 1. The summed E-state index contributed by atoms with van der Waals surface area (Å²) in [5, 5.41) is 4.15. The van der Waals surface area contributed by atoms with Gasteiger partial charge in [0, 0.05) is 11.1 Å². The Balaban J connectivity index is 3.50. The van der Waals surface area contributed by atoms with Crippen molar-refractivity contribution in [3.8, 4) is 0 Å². The van der Waals surface area contributed by atoms with Gasteiger partial charge in [-0.3, -0.25) is 5.43 Å².